The van der Waals surface area contributed by atoms with Gasteiger partial charge in [0.25, 0.3) is 0 Å². The fraction of sp³-hybridized carbons (Fsp3) is 0.529. The van der Waals surface area contributed by atoms with Crippen LogP contribution in [-0.4, -0.2) is 54.6 Å². The van der Waals surface area contributed by atoms with Gasteiger partial charge in [-0.3, -0.25) is 4.90 Å². The van der Waals surface area contributed by atoms with E-state index in [1.807, 2.05) is 18.2 Å². The number of carbonyl (C=O) groups excluding carboxylic acids is 1. The van der Waals surface area contributed by atoms with Crippen LogP contribution in [0.5, 0.6) is 0 Å². The minimum absolute atomic E-state index is 0.114. The molecule has 122 valence electrons. The minimum Gasteiger partial charge on any atom is -0.441 e. The summed E-state index contributed by atoms with van der Waals surface area (Å²) in [5, 5.41) is 7.01. The summed E-state index contributed by atoms with van der Waals surface area (Å²) in [6, 6.07) is 10.2. The van der Waals surface area contributed by atoms with Gasteiger partial charge in [-0.25, -0.2) is 4.79 Å². The highest BCUT2D eigenvalue weighted by Gasteiger charge is 2.43. The van der Waals surface area contributed by atoms with Gasteiger partial charge in [-0.05, 0) is 5.56 Å². The molecular formula is C17H21N3O3. The molecule has 0 radical (unpaired) electrons. The van der Waals surface area contributed by atoms with E-state index in [1.54, 1.807) is 0 Å². The van der Waals surface area contributed by atoms with Crippen molar-refractivity contribution in [2.75, 3.05) is 26.2 Å². The Kier molecular flexibility index (Phi) is 3.69. The van der Waals surface area contributed by atoms with Crippen molar-refractivity contribution < 1.29 is 14.4 Å². The molecule has 1 N–H and O–H groups in total. The molecule has 0 bridgehead atoms. The van der Waals surface area contributed by atoms with Gasteiger partial charge in [-0.2, -0.15) is 0 Å². The summed E-state index contributed by atoms with van der Waals surface area (Å²) >= 11 is 0. The van der Waals surface area contributed by atoms with Crippen LogP contribution in [0.15, 0.2) is 35.5 Å². The molecule has 4 rings (SSSR count). The highest BCUT2D eigenvalue weighted by molar-refractivity contribution is 6.01. The van der Waals surface area contributed by atoms with Crippen LogP contribution in [0.2, 0.25) is 0 Å². The van der Waals surface area contributed by atoms with Gasteiger partial charge in [-0.1, -0.05) is 35.5 Å². The third kappa shape index (κ3) is 3.03. The second-order valence-electron chi connectivity index (χ2n) is 6.56. The monoisotopic (exact) mass is 315 g/mol. The SMILES string of the molecule is O=C1NCC2(CCN(CC3CC(c4ccccc4)=NO3)CC2)O1. The maximum absolute atomic E-state index is 11.3. The zero-order valence-electron chi connectivity index (χ0n) is 13.0. The van der Waals surface area contributed by atoms with Crippen LogP contribution >= 0.6 is 0 Å². The first kappa shape index (κ1) is 14.5. The van der Waals surface area contributed by atoms with E-state index < -0.39 is 0 Å². The average molecular weight is 315 g/mol. The van der Waals surface area contributed by atoms with Crippen molar-refractivity contribution in [1.29, 1.82) is 0 Å². The first-order valence-electron chi connectivity index (χ1n) is 8.20. The Morgan fingerprint density at radius 1 is 1.26 bits per heavy atom. The number of alkyl carbamates (subject to hydrolysis) is 1. The molecule has 1 spiro atoms. The summed E-state index contributed by atoms with van der Waals surface area (Å²) in [6.07, 6.45) is 2.44. The molecule has 3 aliphatic heterocycles. The van der Waals surface area contributed by atoms with E-state index in [1.165, 1.54) is 0 Å². The van der Waals surface area contributed by atoms with Crippen molar-refractivity contribution in [3.8, 4) is 0 Å². The summed E-state index contributed by atoms with van der Waals surface area (Å²) < 4.78 is 5.45. The van der Waals surface area contributed by atoms with Crippen molar-refractivity contribution in [3.05, 3.63) is 35.9 Å². The molecule has 1 atom stereocenters. The predicted molar refractivity (Wildman–Crippen MR) is 85.4 cm³/mol. The lowest BCUT2D eigenvalue weighted by atomic mass is 9.91. The fourth-order valence-corrected chi connectivity index (χ4v) is 3.54. The zero-order chi connectivity index (χ0) is 15.7. The number of benzene rings is 1. The lowest BCUT2D eigenvalue weighted by Crippen LogP contribution is -2.48. The molecule has 0 aliphatic carbocycles. The largest absolute Gasteiger partial charge is 0.441 e. The Bertz CT molecular complexity index is 609. The van der Waals surface area contributed by atoms with E-state index in [-0.39, 0.29) is 17.8 Å². The van der Waals surface area contributed by atoms with Gasteiger partial charge in [-0.15, -0.1) is 0 Å². The van der Waals surface area contributed by atoms with Crippen LogP contribution in [0.25, 0.3) is 0 Å². The van der Waals surface area contributed by atoms with E-state index in [2.05, 4.69) is 27.5 Å². The summed E-state index contributed by atoms with van der Waals surface area (Å²) in [5.74, 6) is 0. The Hall–Kier alpha value is -2.08. The number of rotatable bonds is 3. The third-order valence-corrected chi connectivity index (χ3v) is 4.93. The van der Waals surface area contributed by atoms with Crippen LogP contribution in [0.4, 0.5) is 4.79 Å². The predicted octanol–water partition coefficient (Wildman–Crippen LogP) is 1.75. The standard InChI is InChI=1S/C17H21N3O3/c21-16-18-12-17(22-16)6-8-20(9-7-17)11-14-10-15(19-23-14)13-4-2-1-3-5-13/h1-5,14H,6-12H2,(H,18,21). The summed E-state index contributed by atoms with van der Waals surface area (Å²) in [6.45, 7) is 3.36. The number of ether oxygens (including phenoxy) is 1. The molecule has 23 heavy (non-hydrogen) atoms. The number of nitrogens with zero attached hydrogens (tertiary/aromatic N) is 2. The molecule has 3 heterocycles. The number of oxime groups is 1. The van der Waals surface area contributed by atoms with E-state index in [9.17, 15) is 4.79 Å². The molecule has 6 heteroatoms. The Morgan fingerprint density at radius 3 is 2.74 bits per heavy atom. The minimum atomic E-state index is -0.282. The summed E-state index contributed by atoms with van der Waals surface area (Å²) in [4.78, 5) is 19.3. The smallest absolute Gasteiger partial charge is 0.407 e. The van der Waals surface area contributed by atoms with Gasteiger partial charge in [0.2, 0.25) is 0 Å². The molecule has 0 aromatic heterocycles. The summed E-state index contributed by atoms with van der Waals surface area (Å²) in [7, 11) is 0. The lowest BCUT2D eigenvalue weighted by Gasteiger charge is -2.37. The van der Waals surface area contributed by atoms with Crippen LogP contribution < -0.4 is 5.32 Å². The van der Waals surface area contributed by atoms with Crippen molar-refractivity contribution in [2.45, 2.75) is 31.0 Å². The number of piperidine rings is 1. The Morgan fingerprint density at radius 2 is 2.04 bits per heavy atom. The highest BCUT2D eigenvalue weighted by Crippen LogP contribution is 2.30. The molecule has 2 fully saturated rings. The summed E-state index contributed by atoms with van der Waals surface area (Å²) in [5.41, 5.74) is 1.88. The van der Waals surface area contributed by atoms with Crippen LogP contribution in [0, 0.1) is 0 Å². The molecule has 1 aromatic carbocycles. The second-order valence-corrected chi connectivity index (χ2v) is 6.56. The maximum atomic E-state index is 11.3. The van der Waals surface area contributed by atoms with Gasteiger partial charge in [0.05, 0.1) is 12.3 Å². The molecule has 1 aromatic rings. The van der Waals surface area contributed by atoms with Gasteiger partial charge in [0, 0.05) is 38.9 Å². The van der Waals surface area contributed by atoms with E-state index >= 15 is 0 Å². The van der Waals surface area contributed by atoms with Crippen LogP contribution in [0.3, 0.4) is 0 Å². The average Bonchev–Trinajstić information content (AvgIpc) is 3.18. The quantitative estimate of drug-likeness (QED) is 0.923. The first-order valence-corrected chi connectivity index (χ1v) is 8.20. The Balaban J connectivity index is 1.28. The third-order valence-electron chi connectivity index (χ3n) is 4.93. The van der Waals surface area contributed by atoms with E-state index in [0.717, 1.165) is 50.2 Å². The number of hydrogen-bond donors (Lipinski definition) is 1. The van der Waals surface area contributed by atoms with Crippen molar-refractivity contribution in [1.82, 2.24) is 10.2 Å². The molecule has 6 nitrogen and oxygen atoms in total. The van der Waals surface area contributed by atoms with Crippen molar-refractivity contribution >= 4 is 11.8 Å². The molecular weight excluding hydrogens is 294 g/mol. The number of nitrogens with one attached hydrogen (secondary N) is 1. The molecule has 2 saturated heterocycles. The van der Waals surface area contributed by atoms with E-state index in [4.69, 9.17) is 9.57 Å². The van der Waals surface area contributed by atoms with Crippen LogP contribution in [0.1, 0.15) is 24.8 Å². The molecule has 1 amide bonds. The molecule has 0 saturated carbocycles. The number of likely N-dealkylation sites (tertiary alicyclic amines) is 1. The fourth-order valence-electron chi connectivity index (χ4n) is 3.54. The van der Waals surface area contributed by atoms with Crippen molar-refractivity contribution in [2.24, 2.45) is 5.16 Å². The second kappa shape index (κ2) is 5.85. The first-order chi connectivity index (χ1) is 11.2. The normalized spacial score (nSPS) is 26.5. The maximum Gasteiger partial charge on any atom is 0.407 e. The number of carbonyl (C=O) groups is 1. The van der Waals surface area contributed by atoms with Gasteiger partial charge >= 0.3 is 6.09 Å². The molecule has 1 unspecified atom stereocenters. The number of hydrogen-bond acceptors (Lipinski definition) is 5. The van der Waals surface area contributed by atoms with Gasteiger partial charge in [0.1, 0.15) is 11.7 Å². The topological polar surface area (TPSA) is 63.2 Å². The highest BCUT2D eigenvalue weighted by atomic mass is 16.6. The van der Waals surface area contributed by atoms with Crippen LogP contribution in [-0.2, 0) is 9.57 Å². The lowest BCUT2D eigenvalue weighted by molar-refractivity contribution is -0.0164. The molecule has 3 aliphatic rings. The van der Waals surface area contributed by atoms with Crippen molar-refractivity contribution in [3.63, 3.8) is 0 Å². The van der Waals surface area contributed by atoms with Gasteiger partial charge in [0.15, 0.2) is 0 Å². The van der Waals surface area contributed by atoms with Gasteiger partial charge < -0.3 is 14.9 Å². The van der Waals surface area contributed by atoms with E-state index in [0.29, 0.717) is 6.54 Å². The zero-order valence-corrected chi connectivity index (χ0v) is 13.0. The number of amides is 1. The Labute approximate surface area is 135 Å².